The van der Waals surface area contributed by atoms with Crippen molar-refractivity contribution >= 4 is 17.3 Å². The summed E-state index contributed by atoms with van der Waals surface area (Å²) in [5.41, 5.74) is 7.93. The van der Waals surface area contributed by atoms with Gasteiger partial charge in [0.15, 0.2) is 11.5 Å². The van der Waals surface area contributed by atoms with Gasteiger partial charge in [-0.05, 0) is 55.3 Å². The smallest absolute Gasteiger partial charge is 0.246 e. The third-order valence-electron chi connectivity index (χ3n) is 6.51. The molecule has 0 aliphatic carbocycles. The van der Waals surface area contributed by atoms with Gasteiger partial charge in [0.25, 0.3) is 0 Å². The van der Waals surface area contributed by atoms with Crippen LogP contribution in [-0.4, -0.2) is 44.7 Å². The van der Waals surface area contributed by atoms with Crippen LogP contribution in [0, 0.1) is 5.82 Å². The van der Waals surface area contributed by atoms with Crippen LogP contribution in [0.15, 0.2) is 67.5 Å². The summed E-state index contributed by atoms with van der Waals surface area (Å²) in [5, 5.41) is 0. The number of likely N-dealkylation sites (tertiary alicyclic amines) is 1. The van der Waals surface area contributed by atoms with E-state index in [1.807, 2.05) is 4.40 Å². The lowest BCUT2D eigenvalue weighted by atomic mass is 10.1. The number of nitrogens with zero attached hydrogens (tertiary/aromatic N) is 4. The maximum absolute atomic E-state index is 14.5. The lowest BCUT2D eigenvalue weighted by Gasteiger charge is -2.22. The van der Waals surface area contributed by atoms with Crippen molar-refractivity contribution in [3.63, 3.8) is 0 Å². The number of fused-ring (bicyclic) bond motifs is 1. The van der Waals surface area contributed by atoms with Gasteiger partial charge in [-0.1, -0.05) is 12.6 Å². The van der Waals surface area contributed by atoms with E-state index in [9.17, 15) is 14.0 Å². The molecule has 1 fully saturated rings. The van der Waals surface area contributed by atoms with Crippen LogP contribution in [-0.2, 0) is 16.0 Å². The van der Waals surface area contributed by atoms with Crippen LogP contribution in [0.25, 0.3) is 16.8 Å². The maximum Gasteiger partial charge on any atom is 0.246 e. The van der Waals surface area contributed by atoms with Gasteiger partial charge >= 0.3 is 0 Å². The Morgan fingerprint density at radius 1 is 1.21 bits per heavy atom. The molecule has 1 saturated heterocycles. The summed E-state index contributed by atoms with van der Waals surface area (Å²) in [4.78, 5) is 35.5. The largest absolute Gasteiger partial charge is 0.494 e. The summed E-state index contributed by atoms with van der Waals surface area (Å²) in [6, 6.07) is 11.4. The number of imidazole rings is 1. The molecule has 1 atom stereocenters. The lowest BCUT2D eigenvalue weighted by molar-refractivity contribution is -0.127. The number of hydrogen-bond donors (Lipinski definition) is 1. The van der Waals surface area contributed by atoms with Crippen LogP contribution in [0.2, 0.25) is 0 Å². The number of nitrogens with two attached hydrogens (primary N) is 1. The predicted octanol–water partition coefficient (Wildman–Crippen LogP) is 4.21. The van der Waals surface area contributed by atoms with Crippen LogP contribution < -0.4 is 15.2 Å². The summed E-state index contributed by atoms with van der Waals surface area (Å²) < 4.78 is 27.2. The average molecular weight is 516 g/mol. The Morgan fingerprint density at radius 2 is 1.97 bits per heavy atom. The first-order valence-electron chi connectivity index (χ1n) is 12.1. The zero-order valence-electron chi connectivity index (χ0n) is 20.8. The topological polar surface area (TPSA) is 112 Å². The Morgan fingerprint density at radius 3 is 2.68 bits per heavy atom. The van der Waals surface area contributed by atoms with Crippen molar-refractivity contribution < 1.29 is 23.5 Å². The first-order chi connectivity index (χ1) is 18.4. The normalized spacial score (nSPS) is 15.0. The lowest BCUT2D eigenvalue weighted by Crippen LogP contribution is -2.29. The van der Waals surface area contributed by atoms with E-state index in [1.54, 1.807) is 47.6 Å². The van der Waals surface area contributed by atoms with Crippen LogP contribution in [0.4, 0.5) is 4.39 Å². The highest BCUT2D eigenvalue weighted by Crippen LogP contribution is 2.37. The molecule has 0 radical (unpaired) electrons. The number of benzene rings is 2. The van der Waals surface area contributed by atoms with Gasteiger partial charge in [-0.15, -0.1) is 0 Å². The number of hydrogen-bond acceptors (Lipinski definition) is 6. The molecular weight excluding hydrogens is 489 g/mol. The second-order valence-electron chi connectivity index (χ2n) is 8.85. The number of methoxy groups -OCH3 is 1. The second kappa shape index (κ2) is 10.3. The molecule has 0 bridgehead atoms. The number of carbonyl (C=O) groups is 2. The quantitative estimate of drug-likeness (QED) is 0.352. The van der Waals surface area contributed by atoms with E-state index in [0.717, 1.165) is 18.4 Å². The van der Waals surface area contributed by atoms with Crippen LogP contribution in [0.5, 0.6) is 17.2 Å². The van der Waals surface area contributed by atoms with E-state index >= 15 is 0 Å². The summed E-state index contributed by atoms with van der Waals surface area (Å²) in [7, 11) is 1.39. The molecule has 2 amide bonds. The van der Waals surface area contributed by atoms with Crippen molar-refractivity contribution in [1.82, 2.24) is 19.3 Å². The molecule has 0 saturated carbocycles. The van der Waals surface area contributed by atoms with Crippen LogP contribution in [0.3, 0.4) is 0 Å². The van der Waals surface area contributed by atoms with Gasteiger partial charge in [-0.3, -0.25) is 19.0 Å². The van der Waals surface area contributed by atoms with Crippen molar-refractivity contribution in [2.45, 2.75) is 25.3 Å². The van der Waals surface area contributed by atoms with E-state index in [2.05, 4.69) is 11.6 Å². The van der Waals surface area contributed by atoms with E-state index in [4.69, 9.17) is 20.2 Å². The molecule has 3 heterocycles. The van der Waals surface area contributed by atoms with E-state index < -0.39 is 11.7 Å². The fraction of sp³-hybridized carbons (Fsp3) is 0.214. The molecule has 2 N–H and O–H groups in total. The Hall–Kier alpha value is -4.73. The van der Waals surface area contributed by atoms with E-state index in [0.29, 0.717) is 35.0 Å². The molecule has 2 aromatic heterocycles. The molecule has 0 unspecified atom stereocenters. The first-order valence-corrected chi connectivity index (χ1v) is 12.1. The molecule has 9 nitrogen and oxygen atoms in total. The standard InChI is InChI=1S/C28H26FN5O4/c1-3-24(36)33-14-5-6-20(33)28-32-26(27-19(16-23(30)35)31-13-15-34(27)28)17-9-11-18(12-10-17)38-22-8-4-7-21(37-2)25(22)29/h3-4,7-13,15,20H,1,5-6,14,16H2,2H3,(H2,30,35)/t20-/m0/s1. The fourth-order valence-corrected chi connectivity index (χ4v) is 4.81. The van der Waals surface area contributed by atoms with Gasteiger partial charge < -0.3 is 20.1 Å². The highest BCUT2D eigenvalue weighted by molar-refractivity contribution is 5.88. The minimum atomic E-state index is -0.596. The van der Waals surface area contributed by atoms with Crippen molar-refractivity contribution in [2.75, 3.05) is 13.7 Å². The molecule has 1 aliphatic rings. The molecule has 0 spiro atoms. The van der Waals surface area contributed by atoms with Crippen molar-refractivity contribution in [3.8, 4) is 28.5 Å². The maximum atomic E-state index is 14.5. The van der Waals surface area contributed by atoms with E-state index in [-0.39, 0.29) is 29.9 Å². The van der Waals surface area contributed by atoms with Crippen molar-refractivity contribution in [3.05, 3.63) is 84.8 Å². The summed E-state index contributed by atoms with van der Waals surface area (Å²) in [6.07, 6.45) is 6.17. The number of amides is 2. The van der Waals surface area contributed by atoms with Gasteiger partial charge in [0, 0.05) is 24.5 Å². The van der Waals surface area contributed by atoms with Crippen molar-refractivity contribution in [2.24, 2.45) is 5.73 Å². The molecule has 5 rings (SSSR count). The minimum Gasteiger partial charge on any atom is -0.494 e. The van der Waals surface area contributed by atoms with Crippen molar-refractivity contribution in [1.29, 1.82) is 0 Å². The van der Waals surface area contributed by atoms with Gasteiger partial charge in [0.2, 0.25) is 17.6 Å². The van der Waals surface area contributed by atoms with E-state index in [1.165, 1.54) is 25.3 Å². The zero-order valence-corrected chi connectivity index (χ0v) is 20.8. The summed E-state index contributed by atoms with van der Waals surface area (Å²) in [6.45, 7) is 4.23. The molecule has 194 valence electrons. The highest BCUT2D eigenvalue weighted by Gasteiger charge is 2.33. The predicted molar refractivity (Wildman–Crippen MR) is 138 cm³/mol. The van der Waals surface area contributed by atoms with Gasteiger partial charge in [-0.25, -0.2) is 4.98 Å². The Labute approximate surface area is 218 Å². The molecular formula is C28H26FN5O4. The zero-order chi connectivity index (χ0) is 26.8. The van der Waals surface area contributed by atoms with Crippen LogP contribution >= 0.6 is 0 Å². The Kier molecular flexibility index (Phi) is 6.78. The number of aromatic nitrogens is 3. The van der Waals surface area contributed by atoms with Crippen LogP contribution in [0.1, 0.15) is 30.4 Å². The average Bonchev–Trinajstić information content (AvgIpc) is 3.55. The summed E-state index contributed by atoms with van der Waals surface area (Å²) in [5.74, 6) is -0.0832. The molecule has 10 heteroatoms. The van der Waals surface area contributed by atoms with Gasteiger partial charge in [0.05, 0.1) is 36.5 Å². The molecule has 1 aliphatic heterocycles. The number of carbonyl (C=O) groups excluding carboxylic acids is 2. The highest BCUT2D eigenvalue weighted by atomic mass is 19.1. The monoisotopic (exact) mass is 515 g/mol. The number of halogens is 1. The molecule has 38 heavy (non-hydrogen) atoms. The van der Waals surface area contributed by atoms with Gasteiger partial charge in [-0.2, -0.15) is 4.39 Å². The molecule has 4 aromatic rings. The third-order valence-corrected chi connectivity index (χ3v) is 6.51. The second-order valence-corrected chi connectivity index (χ2v) is 8.85. The number of primary amides is 1. The Bertz CT molecular complexity index is 1530. The molecule has 2 aromatic carbocycles. The SMILES string of the molecule is C=CC(=O)N1CCC[C@H]1c1nc(-c2ccc(Oc3cccc(OC)c3F)cc2)c2c(CC(N)=O)nccn12. The van der Waals surface area contributed by atoms with Gasteiger partial charge in [0.1, 0.15) is 11.6 Å². The number of ether oxygens (including phenoxy) is 2. The third kappa shape index (κ3) is 4.56. The Balaban J connectivity index is 1.57. The minimum absolute atomic E-state index is 0.0352. The summed E-state index contributed by atoms with van der Waals surface area (Å²) >= 11 is 0. The first kappa shape index (κ1) is 24.9. The fourth-order valence-electron chi connectivity index (χ4n) is 4.81. The number of rotatable bonds is 8.